The van der Waals surface area contributed by atoms with Crippen LogP contribution in [0.3, 0.4) is 0 Å². The van der Waals surface area contributed by atoms with Crippen molar-refractivity contribution in [3.63, 3.8) is 0 Å². The normalized spacial score (nSPS) is 16.0. The van der Waals surface area contributed by atoms with E-state index in [-0.39, 0.29) is 17.4 Å². The van der Waals surface area contributed by atoms with Gasteiger partial charge in [0.05, 0.1) is 0 Å². The van der Waals surface area contributed by atoms with Gasteiger partial charge in [-0.15, -0.1) is 0 Å². The average Bonchev–Trinajstić information content (AvgIpc) is 2.55. The highest BCUT2D eigenvalue weighted by Crippen LogP contribution is 2.42. The fourth-order valence-electron chi connectivity index (χ4n) is 3.32. The number of phenolic OH excluding ortho intramolecular Hbond substituents is 2. The first kappa shape index (κ1) is 15.9. The number of hydrogen-bond donors (Lipinski definition) is 2. The molecule has 0 heterocycles. The highest BCUT2D eigenvalue weighted by Gasteiger charge is 2.22. The van der Waals surface area contributed by atoms with Gasteiger partial charge in [-0.1, -0.05) is 55.1 Å². The molecule has 0 atom stereocenters. The number of halogens is 1. The topological polar surface area (TPSA) is 40.5 Å². The van der Waals surface area contributed by atoms with Crippen LogP contribution in [0, 0.1) is 0 Å². The Labute approximate surface area is 142 Å². The largest absolute Gasteiger partial charge is 0.507 e. The van der Waals surface area contributed by atoms with Gasteiger partial charge in [0.2, 0.25) is 0 Å². The van der Waals surface area contributed by atoms with E-state index in [2.05, 4.69) is 0 Å². The van der Waals surface area contributed by atoms with Crippen LogP contribution in [-0.2, 0) is 0 Å². The van der Waals surface area contributed by atoms with E-state index in [1.54, 1.807) is 12.1 Å². The van der Waals surface area contributed by atoms with Gasteiger partial charge >= 0.3 is 0 Å². The van der Waals surface area contributed by atoms with E-state index in [1.807, 2.05) is 36.4 Å². The van der Waals surface area contributed by atoms with Crippen LogP contribution in [0.2, 0.25) is 5.02 Å². The van der Waals surface area contributed by atoms with Gasteiger partial charge in [0, 0.05) is 10.6 Å². The van der Waals surface area contributed by atoms with Gasteiger partial charge in [0.1, 0.15) is 11.5 Å². The van der Waals surface area contributed by atoms with Crippen LogP contribution in [-0.4, -0.2) is 10.2 Å². The van der Waals surface area contributed by atoms with Gasteiger partial charge in [-0.25, -0.2) is 0 Å². The summed E-state index contributed by atoms with van der Waals surface area (Å²) >= 11 is 5.87. The lowest BCUT2D eigenvalue weighted by Gasteiger charge is -2.23. The number of aromatic hydroxyl groups is 2. The minimum absolute atomic E-state index is 0.202. The molecule has 2 aromatic carbocycles. The van der Waals surface area contributed by atoms with Crippen molar-refractivity contribution < 1.29 is 10.2 Å². The molecule has 0 spiro atoms. The molecule has 0 radical (unpaired) electrons. The highest BCUT2D eigenvalue weighted by molar-refractivity contribution is 6.30. The number of benzene rings is 2. The van der Waals surface area contributed by atoms with Gasteiger partial charge in [-0.05, 0) is 54.2 Å². The van der Waals surface area contributed by atoms with Gasteiger partial charge < -0.3 is 10.2 Å². The molecular weight excluding hydrogens is 308 g/mol. The fourth-order valence-corrected chi connectivity index (χ4v) is 3.44. The van der Waals surface area contributed by atoms with Crippen LogP contribution < -0.4 is 0 Å². The number of rotatable bonds is 3. The number of hydrogen-bond acceptors (Lipinski definition) is 2. The first-order valence-corrected chi connectivity index (χ1v) is 8.51. The van der Waals surface area contributed by atoms with Gasteiger partial charge in [-0.3, -0.25) is 0 Å². The molecule has 0 bridgehead atoms. The summed E-state index contributed by atoms with van der Waals surface area (Å²) < 4.78 is 0. The number of phenols is 2. The van der Waals surface area contributed by atoms with Crippen molar-refractivity contribution in [3.8, 4) is 11.5 Å². The van der Waals surface area contributed by atoms with Crippen LogP contribution in [0.25, 0.3) is 12.2 Å². The lowest BCUT2D eigenvalue weighted by atomic mass is 9.83. The summed E-state index contributed by atoms with van der Waals surface area (Å²) in [6.07, 6.45) is 9.49. The van der Waals surface area contributed by atoms with E-state index in [0.717, 1.165) is 24.0 Å². The minimum Gasteiger partial charge on any atom is -0.507 e. The standard InChI is InChI=1S/C20H21ClO2/c21-17-10-8-14(9-11-17)6-7-15-12-18(22)20(19(23)13-15)16-4-2-1-3-5-16/h6-13,16,22-23H,1-5H2. The molecular formula is C20H21ClO2. The zero-order valence-electron chi connectivity index (χ0n) is 13.0. The molecule has 0 saturated heterocycles. The highest BCUT2D eigenvalue weighted by atomic mass is 35.5. The molecule has 3 rings (SSSR count). The fraction of sp³-hybridized carbons (Fsp3) is 0.300. The van der Waals surface area contributed by atoms with Crippen molar-refractivity contribution in [2.24, 2.45) is 0 Å². The molecule has 23 heavy (non-hydrogen) atoms. The summed E-state index contributed by atoms with van der Waals surface area (Å²) in [5.74, 6) is 0.679. The summed E-state index contributed by atoms with van der Waals surface area (Å²) in [6.45, 7) is 0. The summed E-state index contributed by atoms with van der Waals surface area (Å²) in [5.41, 5.74) is 2.52. The Bertz CT molecular complexity index is 675. The maximum absolute atomic E-state index is 10.3. The van der Waals surface area contributed by atoms with Gasteiger partial charge in [-0.2, -0.15) is 0 Å². The van der Waals surface area contributed by atoms with Gasteiger partial charge in [0.25, 0.3) is 0 Å². The molecule has 2 N–H and O–H groups in total. The molecule has 120 valence electrons. The van der Waals surface area contributed by atoms with Crippen LogP contribution in [0.4, 0.5) is 0 Å². The molecule has 1 fully saturated rings. The first-order chi connectivity index (χ1) is 11.1. The van der Waals surface area contributed by atoms with Crippen molar-refractivity contribution in [1.82, 2.24) is 0 Å². The zero-order valence-corrected chi connectivity index (χ0v) is 13.8. The van der Waals surface area contributed by atoms with E-state index in [4.69, 9.17) is 11.6 Å². The Morgan fingerprint density at radius 2 is 1.39 bits per heavy atom. The minimum atomic E-state index is 0.202. The Kier molecular flexibility index (Phi) is 4.92. The van der Waals surface area contributed by atoms with Crippen LogP contribution in [0.5, 0.6) is 11.5 Å². The second-order valence-electron chi connectivity index (χ2n) is 6.19. The molecule has 0 amide bonds. The monoisotopic (exact) mass is 328 g/mol. The molecule has 1 saturated carbocycles. The van der Waals surface area contributed by atoms with E-state index in [0.29, 0.717) is 10.6 Å². The Morgan fingerprint density at radius 1 is 0.826 bits per heavy atom. The van der Waals surface area contributed by atoms with E-state index in [9.17, 15) is 10.2 Å². The molecule has 1 aliphatic rings. The van der Waals surface area contributed by atoms with E-state index >= 15 is 0 Å². The molecule has 2 nitrogen and oxygen atoms in total. The van der Waals surface area contributed by atoms with E-state index in [1.165, 1.54) is 19.3 Å². The van der Waals surface area contributed by atoms with Gasteiger partial charge in [0.15, 0.2) is 0 Å². The summed E-state index contributed by atoms with van der Waals surface area (Å²) in [6, 6.07) is 11.0. The predicted octanol–water partition coefficient (Wildman–Crippen LogP) is 5.97. The molecule has 0 aliphatic heterocycles. The molecule has 0 aromatic heterocycles. The average molecular weight is 329 g/mol. The third kappa shape index (κ3) is 3.89. The Morgan fingerprint density at radius 3 is 2.00 bits per heavy atom. The molecule has 2 aromatic rings. The van der Waals surface area contributed by atoms with Crippen molar-refractivity contribution in [2.75, 3.05) is 0 Å². The Balaban J connectivity index is 1.82. The third-order valence-electron chi connectivity index (χ3n) is 4.51. The smallest absolute Gasteiger partial charge is 0.123 e. The third-order valence-corrected chi connectivity index (χ3v) is 4.76. The molecule has 1 aliphatic carbocycles. The summed E-state index contributed by atoms with van der Waals surface area (Å²) in [5, 5.41) is 21.4. The van der Waals surface area contributed by atoms with Crippen molar-refractivity contribution in [2.45, 2.75) is 38.0 Å². The Hall–Kier alpha value is -1.93. The van der Waals surface area contributed by atoms with Crippen molar-refractivity contribution in [1.29, 1.82) is 0 Å². The quantitative estimate of drug-likeness (QED) is 0.681. The maximum Gasteiger partial charge on any atom is 0.123 e. The molecule has 0 unspecified atom stereocenters. The maximum atomic E-state index is 10.3. The van der Waals surface area contributed by atoms with Crippen LogP contribution in [0.15, 0.2) is 36.4 Å². The first-order valence-electron chi connectivity index (χ1n) is 8.13. The second kappa shape index (κ2) is 7.10. The van der Waals surface area contributed by atoms with Crippen molar-refractivity contribution >= 4 is 23.8 Å². The zero-order chi connectivity index (χ0) is 16.2. The van der Waals surface area contributed by atoms with Crippen LogP contribution in [0.1, 0.15) is 54.7 Å². The lowest BCUT2D eigenvalue weighted by Crippen LogP contribution is -2.05. The van der Waals surface area contributed by atoms with E-state index < -0.39 is 0 Å². The second-order valence-corrected chi connectivity index (χ2v) is 6.63. The SMILES string of the molecule is Oc1cc(C=Cc2ccc(Cl)cc2)cc(O)c1C1CCCCC1. The summed E-state index contributed by atoms with van der Waals surface area (Å²) in [4.78, 5) is 0. The molecule has 3 heteroatoms. The van der Waals surface area contributed by atoms with Crippen LogP contribution >= 0.6 is 11.6 Å². The predicted molar refractivity (Wildman–Crippen MR) is 96.0 cm³/mol. The van der Waals surface area contributed by atoms with Crippen molar-refractivity contribution in [3.05, 3.63) is 58.1 Å². The summed E-state index contributed by atoms with van der Waals surface area (Å²) in [7, 11) is 0. The lowest BCUT2D eigenvalue weighted by molar-refractivity contribution is 0.389.